The van der Waals surface area contributed by atoms with Gasteiger partial charge < -0.3 is 14.2 Å². The van der Waals surface area contributed by atoms with Gasteiger partial charge in [-0.25, -0.2) is 0 Å². The molecule has 0 bridgehead atoms. The van der Waals surface area contributed by atoms with Gasteiger partial charge in [-0.1, -0.05) is 24.3 Å². The predicted molar refractivity (Wildman–Crippen MR) is 109 cm³/mol. The number of nitrogens with zero attached hydrogens (tertiary/aromatic N) is 1. The first-order valence-electron chi connectivity index (χ1n) is 8.77. The third-order valence-electron chi connectivity index (χ3n) is 3.94. The van der Waals surface area contributed by atoms with Crippen molar-refractivity contribution in [3.8, 4) is 17.2 Å². The molecule has 0 N–H and O–H groups in total. The summed E-state index contributed by atoms with van der Waals surface area (Å²) in [7, 11) is 1.45. The van der Waals surface area contributed by atoms with Crippen LogP contribution in [0.3, 0.4) is 0 Å². The van der Waals surface area contributed by atoms with E-state index in [-0.39, 0.29) is 30.0 Å². The van der Waals surface area contributed by atoms with Gasteiger partial charge in [-0.3, -0.25) is 19.3 Å². The molecule has 3 rings (SSSR count). The average molecular weight is 413 g/mol. The van der Waals surface area contributed by atoms with E-state index >= 15 is 0 Å². The highest BCUT2D eigenvalue weighted by molar-refractivity contribution is 8.18. The van der Waals surface area contributed by atoms with Gasteiger partial charge in [-0.15, -0.1) is 0 Å². The van der Waals surface area contributed by atoms with Crippen molar-refractivity contribution in [1.82, 2.24) is 4.90 Å². The lowest BCUT2D eigenvalue weighted by molar-refractivity contribution is -0.132. The first-order valence-corrected chi connectivity index (χ1v) is 9.59. The van der Waals surface area contributed by atoms with E-state index in [9.17, 15) is 14.4 Å². The van der Waals surface area contributed by atoms with Gasteiger partial charge in [0.15, 0.2) is 11.5 Å². The number of thioether (sulfide) groups is 1. The van der Waals surface area contributed by atoms with Crippen molar-refractivity contribution in [3.63, 3.8) is 0 Å². The number of rotatable bonds is 7. The topological polar surface area (TPSA) is 82.1 Å². The maximum absolute atomic E-state index is 12.6. The molecule has 2 amide bonds. The van der Waals surface area contributed by atoms with Gasteiger partial charge in [0.25, 0.3) is 11.1 Å². The molecule has 1 aliphatic heterocycles. The fourth-order valence-electron chi connectivity index (χ4n) is 2.63. The maximum Gasteiger partial charge on any atom is 0.308 e. The normalized spacial score (nSPS) is 15.0. The number of carbonyl (C=O) groups is 3. The number of hydrogen-bond acceptors (Lipinski definition) is 7. The summed E-state index contributed by atoms with van der Waals surface area (Å²) in [4.78, 5) is 37.4. The van der Waals surface area contributed by atoms with Crippen molar-refractivity contribution in [2.24, 2.45) is 0 Å². The van der Waals surface area contributed by atoms with E-state index in [0.717, 1.165) is 16.7 Å². The van der Waals surface area contributed by atoms with Crippen molar-refractivity contribution < 1.29 is 28.6 Å². The summed E-state index contributed by atoms with van der Waals surface area (Å²) in [6.45, 7) is 1.66. The van der Waals surface area contributed by atoms with Gasteiger partial charge in [0.2, 0.25) is 0 Å². The van der Waals surface area contributed by atoms with E-state index in [1.165, 1.54) is 14.0 Å². The number of imide groups is 1. The molecule has 0 unspecified atom stereocenters. The summed E-state index contributed by atoms with van der Waals surface area (Å²) < 4.78 is 15.8. The minimum atomic E-state index is -0.463. The Morgan fingerprint density at radius 3 is 2.55 bits per heavy atom. The largest absolute Gasteiger partial charge is 0.493 e. The first kappa shape index (κ1) is 20.5. The van der Waals surface area contributed by atoms with E-state index in [4.69, 9.17) is 14.2 Å². The molecule has 29 heavy (non-hydrogen) atoms. The smallest absolute Gasteiger partial charge is 0.308 e. The SMILES string of the molecule is COc1cc(/C=C2\SC(=O)N(CCOc3ccccc3)C2=O)ccc1OC(C)=O. The minimum absolute atomic E-state index is 0.158. The Kier molecular flexibility index (Phi) is 6.56. The van der Waals surface area contributed by atoms with Gasteiger partial charge in [-0.2, -0.15) is 0 Å². The second kappa shape index (κ2) is 9.29. The van der Waals surface area contributed by atoms with Crippen molar-refractivity contribution in [1.29, 1.82) is 0 Å². The molecule has 8 heteroatoms. The Balaban J connectivity index is 1.68. The highest BCUT2D eigenvalue weighted by Crippen LogP contribution is 2.34. The number of amides is 2. The van der Waals surface area contributed by atoms with Crippen LogP contribution < -0.4 is 14.2 Å². The van der Waals surface area contributed by atoms with Crippen LogP contribution in [-0.2, 0) is 9.59 Å². The van der Waals surface area contributed by atoms with Crippen LogP contribution in [0.15, 0.2) is 53.4 Å². The molecule has 0 aliphatic carbocycles. The number of hydrogen-bond donors (Lipinski definition) is 0. The zero-order valence-corrected chi connectivity index (χ0v) is 16.7. The van der Waals surface area contributed by atoms with Crippen molar-refractivity contribution in [2.75, 3.05) is 20.3 Å². The number of para-hydroxylation sites is 1. The zero-order chi connectivity index (χ0) is 20.8. The van der Waals surface area contributed by atoms with Gasteiger partial charge in [0.05, 0.1) is 18.6 Å². The van der Waals surface area contributed by atoms with Crippen molar-refractivity contribution in [3.05, 3.63) is 59.0 Å². The monoisotopic (exact) mass is 413 g/mol. The molecule has 1 saturated heterocycles. The fourth-order valence-corrected chi connectivity index (χ4v) is 3.49. The molecule has 7 nitrogen and oxygen atoms in total. The number of methoxy groups -OCH3 is 1. The summed E-state index contributed by atoms with van der Waals surface area (Å²) in [5.41, 5.74) is 0.642. The number of esters is 1. The summed E-state index contributed by atoms with van der Waals surface area (Å²) in [5, 5.41) is -0.346. The van der Waals surface area contributed by atoms with Crippen LogP contribution in [-0.4, -0.2) is 42.3 Å². The molecule has 1 fully saturated rings. The number of benzene rings is 2. The van der Waals surface area contributed by atoms with Gasteiger partial charge in [0.1, 0.15) is 12.4 Å². The van der Waals surface area contributed by atoms with Gasteiger partial charge >= 0.3 is 5.97 Å². The Hall–Kier alpha value is -3.26. The van der Waals surface area contributed by atoms with Gasteiger partial charge in [0, 0.05) is 6.92 Å². The highest BCUT2D eigenvalue weighted by Gasteiger charge is 2.34. The van der Waals surface area contributed by atoms with E-state index < -0.39 is 5.97 Å². The van der Waals surface area contributed by atoms with Crippen LogP contribution in [0.25, 0.3) is 6.08 Å². The lowest BCUT2D eigenvalue weighted by Crippen LogP contribution is -2.32. The summed E-state index contributed by atoms with van der Waals surface area (Å²) in [6, 6.07) is 14.1. The Morgan fingerprint density at radius 1 is 1.10 bits per heavy atom. The minimum Gasteiger partial charge on any atom is -0.493 e. The van der Waals surface area contributed by atoms with Crippen LogP contribution >= 0.6 is 11.8 Å². The summed E-state index contributed by atoms with van der Waals surface area (Å²) >= 11 is 0.868. The van der Waals surface area contributed by atoms with Crippen molar-refractivity contribution >= 4 is 35.0 Å². The molecule has 1 heterocycles. The molecular formula is C21H19NO6S. The lowest BCUT2D eigenvalue weighted by atomic mass is 10.2. The van der Waals surface area contributed by atoms with Crippen molar-refractivity contribution in [2.45, 2.75) is 6.92 Å². The van der Waals surface area contributed by atoms with Gasteiger partial charge in [-0.05, 0) is 47.7 Å². The second-order valence-electron chi connectivity index (χ2n) is 6.00. The molecule has 1 aliphatic rings. The zero-order valence-electron chi connectivity index (χ0n) is 15.9. The molecule has 2 aromatic rings. The third-order valence-corrected chi connectivity index (χ3v) is 4.85. The maximum atomic E-state index is 12.6. The fraction of sp³-hybridized carbons (Fsp3) is 0.190. The molecule has 2 aromatic carbocycles. The van der Waals surface area contributed by atoms with Crippen LogP contribution in [0.2, 0.25) is 0 Å². The van der Waals surface area contributed by atoms with E-state index in [1.54, 1.807) is 36.4 Å². The molecule has 0 atom stereocenters. The second-order valence-corrected chi connectivity index (χ2v) is 6.99. The van der Waals surface area contributed by atoms with E-state index in [1.807, 2.05) is 18.2 Å². The summed E-state index contributed by atoms with van der Waals surface area (Å²) in [6.07, 6.45) is 1.60. The third kappa shape index (κ3) is 5.17. The Labute approximate surface area is 172 Å². The lowest BCUT2D eigenvalue weighted by Gasteiger charge is -2.13. The molecule has 0 radical (unpaired) electrons. The average Bonchev–Trinajstić information content (AvgIpc) is 2.97. The van der Waals surface area contributed by atoms with E-state index in [2.05, 4.69) is 0 Å². The van der Waals surface area contributed by atoms with E-state index in [0.29, 0.717) is 22.0 Å². The Bertz CT molecular complexity index is 957. The Morgan fingerprint density at radius 2 is 1.86 bits per heavy atom. The summed E-state index contributed by atoms with van der Waals surface area (Å²) in [5.74, 6) is 0.470. The molecule has 150 valence electrons. The molecule has 0 saturated carbocycles. The van der Waals surface area contributed by atoms with Crippen LogP contribution in [0.5, 0.6) is 17.2 Å². The van der Waals surface area contributed by atoms with Crippen LogP contribution in [0, 0.1) is 0 Å². The van der Waals surface area contributed by atoms with Crippen LogP contribution in [0.4, 0.5) is 4.79 Å². The molecule has 0 aromatic heterocycles. The first-order chi connectivity index (χ1) is 14.0. The van der Waals surface area contributed by atoms with Crippen LogP contribution in [0.1, 0.15) is 12.5 Å². The molecule has 0 spiro atoms. The predicted octanol–water partition coefficient (Wildman–Crippen LogP) is 3.74. The quantitative estimate of drug-likeness (QED) is 0.388. The number of carbonyl (C=O) groups excluding carboxylic acids is 3. The molecular weight excluding hydrogens is 394 g/mol. The highest BCUT2D eigenvalue weighted by atomic mass is 32.2. The standard InChI is InChI=1S/C21H19NO6S/c1-14(23)28-17-9-8-15(12-18(17)26-2)13-19-20(24)22(21(25)29-19)10-11-27-16-6-4-3-5-7-16/h3-9,12-13H,10-11H2,1-2H3/b19-13-. The number of ether oxygens (including phenoxy) is 3.